The molecule has 0 bridgehead atoms. The number of urea groups is 1. The molecule has 28 heavy (non-hydrogen) atoms. The van der Waals surface area contributed by atoms with Crippen LogP contribution in [0.25, 0.3) is 0 Å². The van der Waals surface area contributed by atoms with E-state index in [1.807, 2.05) is 6.92 Å². The van der Waals surface area contributed by atoms with Gasteiger partial charge in [-0.15, -0.1) is 0 Å². The highest BCUT2D eigenvalue weighted by Crippen LogP contribution is 2.31. The fraction of sp³-hybridized carbons (Fsp3) is 0.250. The number of anilines is 2. The number of amides is 4. The van der Waals surface area contributed by atoms with Gasteiger partial charge in [-0.25, -0.2) is 4.79 Å². The summed E-state index contributed by atoms with van der Waals surface area (Å²) in [5, 5.41) is 5.89. The first kappa shape index (κ1) is 19.7. The molecule has 2 N–H and O–H groups in total. The molecule has 7 nitrogen and oxygen atoms in total. The normalized spacial score (nSPS) is 13.0. The Morgan fingerprint density at radius 3 is 2.39 bits per heavy atom. The Labute approximate surface area is 167 Å². The van der Waals surface area contributed by atoms with Gasteiger partial charge < -0.3 is 15.4 Å². The zero-order chi connectivity index (χ0) is 20.6. The highest BCUT2D eigenvalue weighted by Gasteiger charge is 2.37. The average Bonchev–Trinajstić information content (AvgIpc) is 2.88. The number of aryl methyl sites for hydroxylation is 1. The van der Waals surface area contributed by atoms with E-state index in [-0.39, 0.29) is 23.4 Å². The molecular formula is C20H20ClN3O4. The van der Waals surface area contributed by atoms with E-state index in [4.69, 9.17) is 16.3 Å². The van der Waals surface area contributed by atoms with Gasteiger partial charge in [0.15, 0.2) is 0 Å². The predicted octanol–water partition coefficient (Wildman–Crippen LogP) is 4.31. The van der Waals surface area contributed by atoms with E-state index < -0.39 is 6.03 Å². The van der Waals surface area contributed by atoms with Gasteiger partial charge in [0.2, 0.25) is 0 Å². The monoisotopic (exact) mass is 401 g/mol. The van der Waals surface area contributed by atoms with Crippen LogP contribution in [0.15, 0.2) is 30.3 Å². The number of methoxy groups -OCH3 is 1. The number of benzene rings is 2. The van der Waals surface area contributed by atoms with Crippen molar-refractivity contribution in [3.05, 3.63) is 52.0 Å². The predicted molar refractivity (Wildman–Crippen MR) is 107 cm³/mol. The van der Waals surface area contributed by atoms with Crippen molar-refractivity contribution >= 4 is 40.8 Å². The summed E-state index contributed by atoms with van der Waals surface area (Å²) in [5.74, 6) is -0.269. The van der Waals surface area contributed by atoms with Gasteiger partial charge in [0.25, 0.3) is 11.8 Å². The van der Waals surface area contributed by atoms with Crippen LogP contribution in [0.5, 0.6) is 5.75 Å². The van der Waals surface area contributed by atoms with Crippen LogP contribution >= 0.6 is 11.6 Å². The molecule has 0 atom stereocenters. The van der Waals surface area contributed by atoms with Gasteiger partial charge >= 0.3 is 6.03 Å². The lowest BCUT2D eigenvalue weighted by atomic mass is 10.1. The van der Waals surface area contributed by atoms with Gasteiger partial charge in [-0.05, 0) is 50.6 Å². The number of imide groups is 1. The molecule has 0 saturated carbocycles. The van der Waals surface area contributed by atoms with E-state index in [9.17, 15) is 14.4 Å². The number of hydrogen-bond donors (Lipinski definition) is 2. The molecule has 0 spiro atoms. The molecule has 0 fully saturated rings. The summed E-state index contributed by atoms with van der Waals surface area (Å²) in [6.45, 7) is 5.36. The smallest absolute Gasteiger partial charge is 0.323 e. The summed E-state index contributed by atoms with van der Waals surface area (Å²) in [4.78, 5) is 38.4. The van der Waals surface area contributed by atoms with Crippen molar-refractivity contribution in [2.24, 2.45) is 0 Å². The molecule has 0 saturated heterocycles. The number of carbonyl (C=O) groups excluding carboxylic acids is 3. The maximum atomic E-state index is 12.5. The zero-order valence-corrected chi connectivity index (χ0v) is 16.7. The van der Waals surface area contributed by atoms with Crippen molar-refractivity contribution in [3.63, 3.8) is 0 Å². The van der Waals surface area contributed by atoms with Crippen LogP contribution in [0, 0.1) is 6.92 Å². The maximum absolute atomic E-state index is 12.5. The van der Waals surface area contributed by atoms with Crippen molar-refractivity contribution in [3.8, 4) is 5.75 Å². The second-order valence-electron chi connectivity index (χ2n) is 6.72. The number of halogens is 1. The van der Waals surface area contributed by atoms with Crippen molar-refractivity contribution in [2.45, 2.75) is 26.8 Å². The van der Waals surface area contributed by atoms with Crippen LogP contribution in [0.2, 0.25) is 5.02 Å². The molecule has 0 radical (unpaired) electrons. The Hall–Kier alpha value is -3.06. The molecule has 3 rings (SSSR count). The maximum Gasteiger partial charge on any atom is 0.323 e. The number of carbonyl (C=O) groups is 3. The Kier molecular flexibility index (Phi) is 5.29. The summed E-state index contributed by atoms with van der Waals surface area (Å²) in [6, 6.07) is 7.18. The minimum atomic E-state index is -0.516. The number of fused-ring (bicyclic) bond motifs is 1. The lowest BCUT2D eigenvalue weighted by Gasteiger charge is -2.17. The van der Waals surface area contributed by atoms with Gasteiger partial charge in [-0.2, -0.15) is 0 Å². The number of nitrogens with one attached hydrogen (secondary N) is 2. The molecular weight excluding hydrogens is 382 g/mol. The number of ether oxygens (including phenoxy) is 1. The molecule has 1 aliphatic heterocycles. The summed E-state index contributed by atoms with van der Waals surface area (Å²) < 4.78 is 5.24. The summed E-state index contributed by atoms with van der Waals surface area (Å²) in [5.41, 5.74) is 2.25. The first-order valence-corrected chi connectivity index (χ1v) is 9.04. The third kappa shape index (κ3) is 3.53. The lowest BCUT2D eigenvalue weighted by molar-refractivity contribution is 0.0609. The van der Waals surface area contributed by atoms with Crippen molar-refractivity contribution in [1.29, 1.82) is 0 Å². The molecule has 146 valence electrons. The van der Waals surface area contributed by atoms with E-state index >= 15 is 0 Å². The number of rotatable bonds is 4. The Morgan fingerprint density at radius 1 is 1.07 bits per heavy atom. The van der Waals surface area contributed by atoms with E-state index in [1.165, 1.54) is 18.1 Å². The molecule has 0 aliphatic carbocycles. The second-order valence-corrected chi connectivity index (χ2v) is 7.12. The SMILES string of the molecule is COc1cc(Cl)c(C)cc1NC(=O)Nc1ccc2c(c1)C(=O)N(C(C)C)C2=O. The highest BCUT2D eigenvalue weighted by molar-refractivity contribution is 6.31. The third-order valence-corrected chi connectivity index (χ3v) is 4.83. The molecule has 2 aromatic rings. The molecule has 0 unspecified atom stereocenters. The highest BCUT2D eigenvalue weighted by atomic mass is 35.5. The first-order chi connectivity index (χ1) is 13.2. The Bertz CT molecular complexity index is 988. The van der Waals surface area contributed by atoms with Crippen LogP contribution in [0.1, 0.15) is 40.1 Å². The van der Waals surface area contributed by atoms with Gasteiger partial charge in [0.05, 0.1) is 23.9 Å². The number of hydrogen-bond acceptors (Lipinski definition) is 4. The van der Waals surface area contributed by atoms with Gasteiger partial charge in [-0.1, -0.05) is 11.6 Å². The fourth-order valence-corrected chi connectivity index (χ4v) is 3.17. The van der Waals surface area contributed by atoms with Crippen molar-refractivity contribution in [1.82, 2.24) is 4.90 Å². The number of nitrogens with zero attached hydrogens (tertiary/aromatic N) is 1. The topological polar surface area (TPSA) is 87.7 Å². The summed E-state index contributed by atoms with van der Waals surface area (Å²) >= 11 is 6.07. The Balaban J connectivity index is 1.79. The summed E-state index contributed by atoms with van der Waals surface area (Å²) in [7, 11) is 1.48. The van der Waals surface area contributed by atoms with Crippen LogP contribution in [0.4, 0.5) is 16.2 Å². The van der Waals surface area contributed by atoms with Crippen LogP contribution in [0.3, 0.4) is 0 Å². The standard InChI is InChI=1S/C20H20ClN3O4/c1-10(2)24-18(25)13-6-5-12(8-14(13)19(24)26)22-20(27)23-16-7-11(3)15(21)9-17(16)28-4/h5-10H,1-4H3,(H2,22,23,27). The fourth-order valence-electron chi connectivity index (χ4n) is 3.02. The minimum Gasteiger partial charge on any atom is -0.495 e. The van der Waals surface area contributed by atoms with Crippen LogP contribution < -0.4 is 15.4 Å². The Morgan fingerprint density at radius 2 is 1.75 bits per heavy atom. The minimum absolute atomic E-state index is 0.243. The molecule has 0 aromatic heterocycles. The second kappa shape index (κ2) is 7.52. The molecule has 1 heterocycles. The van der Waals surface area contributed by atoms with Crippen LogP contribution in [-0.4, -0.2) is 35.9 Å². The van der Waals surface area contributed by atoms with Gasteiger partial charge in [0, 0.05) is 22.8 Å². The zero-order valence-electron chi connectivity index (χ0n) is 15.9. The van der Waals surface area contributed by atoms with Crippen LogP contribution in [-0.2, 0) is 0 Å². The van der Waals surface area contributed by atoms with E-state index in [1.54, 1.807) is 38.1 Å². The third-order valence-electron chi connectivity index (χ3n) is 4.42. The molecule has 8 heteroatoms. The van der Waals surface area contributed by atoms with E-state index in [0.717, 1.165) is 5.56 Å². The van der Waals surface area contributed by atoms with E-state index in [0.29, 0.717) is 27.7 Å². The lowest BCUT2D eigenvalue weighted by Crippen LogP contribution is -2.35. The van der Waals surface area contributed by atoms with Gasteiger partial charge in [0.1, 0.15) is 5.75 Å². The quantitative estimate of drug-likeness (QED) is 0.747. The average molecular weight is 402 g/mol. The first-order valence-electron chi connectivity index (χ1n) is 8.67. The van der Waals surface area contributed by atoms with Crippen molar-refractivity contribution < 1.29 is 19.1 Å². The summed E-state index contributed by atoms with van der Waals surface area (Å²) in [6.07, 6.45) is 0. The molecule has 2 aromatic carbocycles. The van der Waals surface area contributed by atoms with E-state index in [2.05, 4.69) is 10.6 Å². The largest absolute Gasteiger partial charge is 0.495 e. The molecule has 4 amide bonds. The van der Waals surface area contributed by atoms with Gasteiger partial charge in [-0.3, -0.25) is 14.5 Å². The molecule has 1 aliphatic rings. The van der Waals surface area contributed by atoms with Crippen molar-refractivity contribution in [2.75, 3.05) is 17.7 Å².